The van der Waals surface area contributed by atoms with Crippen LogP contribution in [-0.2, 0) is 0 Å². The molecule has 1 rings (SSSR count). The third kappa shape index (κ3) is 5.80. The van der Waals surface area contributed by atoms with E-state index < -0.39 is 0 Å². The molecule has 0 atom stereocenters. The Morgan fingerprint density at radius 3 is 2.75 bits per heavy atom. The van der Waals surface area contributed by atoms with Crippen molar-refractivity contribution in [1.82, 2.24) is 5.32 Å². The molecule has 1 aromatic rings. The number of anilines is 1. The number of benzene rings is 1. The molecular formula is C15H23ClN2O2. The molecule has 0 unspecified atom stereocenters. The van der Waals surface area contributed by atoms with Crippen molar-refractivity contribution in [3.63, 3.8) is 0 Å². The largest absolute Gasteiger partial charge is 0.396 e. The molecule has 0 heterocycles. The van der Waals surface area contributed by atoms with Gasteiger partial charge < -0.3 is 15.7 Å². The van der Waals surface area contributed by atoms with Gasteiger partial charge in [0.2, 0.25) is 0 Å². The number of urea groups is 1. The quantitative estimate of drug-likeness (QED) is 0.703. The fraction of sp³-hybridized carbons (Fsp3) is 0.533. The predicted octanol–water partition coefficient (Wildman–Crippen LogP) is 3.57. The number of amides is 2. The van der Waals surface area contributed by atoms with Crippen molar-refractivity contribution in [2.24, 2.45) is 5.41 Å². The summed E-state index contributed by atoms with van der Waals surface area (Å²) in [5, 5.41) is 15.3. The van der Waals surface area contributed by atoms with Gasteiger partial charge in [-0.05, 0) is 42.9 Å². The number of halogens is 1. The molecular weight excluding hydrogens is 276 g/mol. The second-order valence-corrected chi connectivity index (χ2v) is 6.20. The number of hydrogen-bond donors (Lipinski definition) is 3. The summed E-state index contributed by atoms with van der Waals surface area (Å²) in [6, 6.07) is 5.14. The molecule has 0 aliphatic heterocycles. The van der Waals surface area contributed by atoms with Crippen molar-refractivity contribution in [3.8, 4) is 0 Å². The van der Waals surface area contributed by atoms with Crippen LogP contribution in [0.15, 0.2) is 18.2 Å². The normalized spacial score (nSPS) is 11.2. The van der Waals surface area contributed by atoms with E-state index in [2.05, 4.69) is 10.6 Å². The minimum Gasteiger partial charge on any atom is -0.396 e. The fourth-order valence-corrected chi connectivity index (χ4v) is 1.92. The number of aryl methyl sites for hydroxylation is 1. The van der Waals surface area contributed by atoms with Crippen molar-refractivity contribution in [2.45, 2.75) is 33.6 Å². The molecule has 0 spiro atoms. The Kier molecular flexibility index (Phi) is 6.30. The maximum atomic E-state index is 11.8. The first-order valence-corrected chi connectivity index (χ1v) is 7.14. The summed E-state index contributed by atoms with van der Waals surface area (Å²) in [4.78, 5) is 11.8. The van der Waals surface area contributed by atoms with E-state index in [0.29, 0.717) is 17.3 Å². The molecule has 0 saturated heterocycles. The van der Waals surface area contributed by atoms with Gasteiger partial charge in [-0.1, -0.05) is 31.5 Å². The van der Waals surface area contributed by atoms with Crippen molar-refractivity contribution in [3.05, 3.63) is 28.8 Å². The van der Waals surface area contributed by atoms with Crippen molar-refractivity contribution < 1.29 is 9.90 Å². The summed E-state index contributed by atoms with van der Waals surface area (Å²) >= 11 is 5.90. The second-order valence-electron chi connectivity index (χ2n) is 5.77. The zero-order chi connectivity index (χ0) is 15.2. The van der Waals surface area contributed by atoms with Gasteiger partial charge in [0.05, 0.1) is 0 Å². The Morgan fingerprint density at radius 2 is 2.10 bits per heavy atom. The highest BCUT2D eigenvalue weighted by Crippen LogP contribution is 2.21. The monoisotopic (exact) mass is 298 g/mol. The lowest BCUT2D eigenvalue weighted by Crippen LogP contribution is -2.30. The lowest BCUT2D eigenvalue weighted by Gasteiger charge is -2.21. The van der Waals surface area contributed by atoms with Gasteiger partial charge in [0.25, 0.3) is 0 Å². The Labute approximate surface area is 125 Å². The fourth-order valence-electron chi connectivity index (χ4n) is 1.74. The number of hydrogen-bond acceptors (Lipinski definition) is 2. The van der Waals surface area contributed by atoms with Gasteiger partial charge >= 0.3 is 6.03 Å². The molecule has 0 fully saturated rings. The van der Waals surface area contributed by atoms with Crippen molar-refractivity contribution >= 4 is 23.3 Å². The standard InChI is InChI=1S/C15H23ClN2O2/c1-11-5-6-12(16)9-13(11)18-14(20)17-8-4-7-15(2,3)10-19/h5-6,9,19H,4,7-8,10H2,1-3H3,(H2,17,18,20). The van der Waals surface area contributed by atoms with Crippen LogP contribution in [0.25, 0.3) is 0 Å². The van der Waals surface area contributed by atoms with E-state index in [1.165, 1.54) is 0 Å². The maximum absolute atomic E-state index is 11.8. The molecule has 2 amide bonds. The highest BCUT2D eigenvalue weighted by Gasteiger charge is 2.15. The van der Waals surface area contributed by atoms with Crippen LogP contribution in [-0.4, -0.2) is 24.3 Å². The SMILES string of the molecule is Cc1ccc(Cl)cc1NC(=O)NCCCC(C)(C)CO. The number of nitrogens with one attached hydrogen (secondary N) is 2. The lowest BCUT2D eigenvalue weighted by molar-refractivity contribution is 0.148. The highest BCUT2D eigenvalue weighted by molar-refractivity contribution is 6.31. The first kappa shape index (κ1) is 16.8. The molecule has 0 aromatic heterocycles. The van der Waals surface area contributed by atoms with E-state index in [4.69, 9.17) is 16.7 Å². The zero-order valence-electron chi connectivity index (χ0n) is 12.3. The van der Waals surface area contributed by atoms with Crippen LogP contribution in [0.2, 0.25) is 5.02 Å². The summed E-state index contributed by atoms with van der Waals surface area (Å²) < 4.78 is 0. The van der Waals surface area contributed by atoms with Gasteiger partial charge in [-0.15, -0.1) is 0 Å². The van der Waals surface area contributed by atoms with E-state index >= 15 is 0 Å². The van der Waals surface area contributed by atoms with Crippen LogP contribution in [0, 0.1) is 12.3 Å². The third-order valence-corrected chi connectivity index (χ3v) is 3.43. The lowest BCUT2D eigenvalue weighted by atomic mass is 9.89. The smallest absolute Gasteiger partial charge is 0.319 e. The average molecular weight is 299 g/mol. The minimum absolute atomic E-state index is 0.0955. The molecule has 4 nitrogen and oxygen atoms in total. The molecule has 1 aromatic carbocycles. The van der Waals surface area contributed by atoms with Gasteiger partial charge in [0, 0.05) is 23.9 Å². The first-order chi connectivity index (χ1) is 9.34. The molecule has 0 aliphatic rings. The van der Waals surface area contributed by atoms with Gasteiger partial charge in [0.15, 0.2) is 0 Å². The van der Waals surface area contributed by atoms with Gasteiger partial charge in [0.1, 0.15) is 0 Å². The van der Waals surface area contributed by atoms with Crippen LogP contribution >= 0.6 is 11.6 Å². The van der Waals surface area contributed by atoms with Crippen molar-refractivity contribution in [1.29, 1.82) is 0 Å². The Hall–Kier alpha value is -1.26. The molecule has 20 heavy (non-hydrogen) atoms. The predicted molar refractivity (Wildman–Crippen MR) is 83.3 cm³/mol. The molecule has 0 bridgehead atoms. The van der Waals surface area contributed by atoms with Crippen LogP contribution in [0.4, 0.5) is 10.5 Å². The molecule has 0 saturated carbocycles. The second kappa shape index (κ2) is 7.50. The summed E-state index contributed by atoms with van der Waals surface area (Å²) in [6.07, 6.45) is 1.69. The zero-order valence-corrected chi connectivity index (χ0v) is 13.0. The topological polar surface area (TPSA) is 61.4 Å². The van der Waals surface area contributed by atoms with Crippen LogP contribution in [0.1, 0.15) is 32.3 Å². The number of rotatable bonds is 6. The number of aliphatic hydroxyl groups excluding tert-OH is 1. The molecule has 3 N–H and O–H groups in total. The van der Waals surface area contributed by atoms with Crippen LogP contribution in [0.3, 0.4) is 0 Å². The van der Waals surface area contributed by atoms with Gasteiger partial charge in [-0.3, -0.25) is 0 Å². The van der Waals surface area contributed by atoms with Crippen LogP contribution in [0.5, 0.6) is 0 Å². The molecule has 0 radical (unpaired) electrons. The Balaban J connectivity index is 2.36. The summed E-state index contributed by atoms with van der Waals surface area (Å²) in [5.74, 6) is 0. The average Bonchev–Trinajstić information content (AvgIpc) is 2.39. The van der Waals surface area contributed by atoms with E-state index in [9.17, 15) is 4.79 Å². The maximum Gasteiger partial charge on any atom is 0.319 e. The van der Waals surface area contributed by atoms with E-state index in [-0.39, 0.29) is 18.1 Å². The Morgan fingerprint density at radius 1 is 1.40 bits per heavy atom. The highest BCUT2D eigenvalue weighted by atomic mass is 35.5. The molecule has 112 valence electrons. The number of carbonyl (C=O) groups is 1. The van der Waals surface area contributed by atoms with E-state index in [1.54, 1.807) is 12.1 Å². The Bertz CT molecular complexity index is 461. The summed E-state index contributed by atoms with van der Waals surface area (Å²) in [6.45, 7) is 6.65. The van der Waals surface area contributed by atoms with Crippen LogP contribution < -0.4 is 10.6 Å². The minimum atomic E-state index is -0.239. The van der Waals surface area contributed by atoms with Gasteiger partial charge in [-0.25, -0.2) is 4.79 Å². The summed E-state index contributed by atoms with van der Waals surface area (Å²) in [7, 11) is 0. The van der Waals surface area contributed by atoms with E-state index in [1.807, 2.05) is 26.8 Å². The number of carbonyl (C=O) groups excluding carboxylic acids is 1. The third-order valence-electron chi connectivity index (χ3n) is 3.19. The first-order valence-electron chi connectivity index (χ1n) is 6.76. The van der Waals surface area contributed by atoms with E-state index in [0.717, 1.165) is 18.4 Å². The van der Waals surface area contributed by atoms with Crippen molar-refractivity contribution in [2.75, 3.05) is 18.5 Å². The van der Waals surface area contributed by atoms with Gasteiger partial charge in [-0.2, -0.15) is 0 Å². The molecule has 0 aliphatic carbocycles. The summed E-state index contributed by atoms with van der Waals surface area (Å²) in [5.41, 5.74) is 1.58. The molecule has 5 heteroatoms. The number of aliphatic hydroxyl groups is 1.